The average molecular weight is 192 g/mol. The van der Waals surface area contributed by atoms with E-state index < -0.39 is 0 Å². The standard InChI is InChI=1S/C10H16N4/c1-14-9(7-12-13-14)8-6-10(8)2-4-11-5-3-10/h7-8,11H,2-6H2,1H3. The highest BCUT2D eigenvalue weighted by Gasteiger charge is 2.55. The molecule has 0 amide bonds. The zero-order valence-corrected chi connectivity index (χ0v) is 8.53. The van der Waals surface area contributed by atoms with Crippen LogP contribution in [0.25, 0.3) is 0 Å². The van der Waals surface area contributed by atoms with Gasteiger partial charge in [0.25, 0.3) is 0 Å². The summed E-state index contributed by atoms with van der Waals surface area (Å²) in [6.07, 6.45) is 5.92. The van der Waals surface area contributed by atoms with Crippen LogP contribution in [0.3, 0.4) is 0 Å². The molecule has 1 unspecified atom stereocenters. The van der Waals surface area contributed by atoms with Crippen molar-refractivity contribution in [3.63, 3.8) is 0 Å². The van der Waals surface area contributed by atoms with Gasteiger partial charge < -0.3 is 5.32 Å². The molecule has 4 nitrogen and oxygen atoms in total. The Morgan fingerprint density at radius 3 is 2.93 bits per heavy atom. The molecular weight excluding hydrogens is 176 g/mol. The molecule has 1 atom stereocenters. The summed E-state index contributed by atoms with van der Waals surface area (Å²) in [7, 11) is 2.00. The third-order valence-corrected chi connectivity index (χ3v) is 3.90. The van der Waals surface area contributed by atoms with Gasteiger partial charge in [-0.2, -0.15) is 0 Å². The van der Waals surface area contributed by atoms with Crippen LogP contribution in [0.2, 0.25) is 0 Å². The minimum Gasteiger partial charge on any atom is -0.317 e. The molecule has 4 heteroatoms. The van der Waals surface area contributed by atoms with Crippen molar-refractivity contribution in [2.24, 2.45) is 12.5 Å². The zero-order valence-electron chi connectivity index (χ0n) is 8.53. The third-order valence-electron chi connectivity index (χ3n) is 3.90. The first kappa shape index (κ1) is 8.41. The quantitative estimate of drug-likeness (QED) is 0.711. The molecule has 1 saturated heterocycles. The fourth-order valence-corrected chi connectivity index (χ4v) is 2.86. The Bertz CT molecular complexity index is 338. The van der Waals surface area contributed by atoms with Gasteiger partial charge in [-0.05, 0) is 37.8 Å². The number of aromatic nitrogens is 3. The molecule has 1 aromatic heterocycles. The smallest absolute Gasteiger partial charge is 0.0728 e. The van der Waals surface area contributed by atoms with Gasteiger partial charge in [0.15, 0.2) is 0 Å². The molecule has 1 N–H and O–H groups in total. The lowest BCUT2D eigenvalue weighted by atomic mass is 9.91. The maximum absolute atomic E-state index is 4.01. The SMILES string of the molecule is Cn1nncc1C1CC12CCNCC2. The molecule has 14 heavy (non-hydrogen) atoms. The summed E-state index contributed by atoms with van der Waals surface area (Å²) < 4.78 is 1.93. The highest BCUT2D eigenvalue weighted by molar-refractivity contribution is 5.22. The van der Waals surface area contributed by atoms with Gasteiger partial charge in [-0.25, -0.2) is 0 Å². The predicted octanol–water partition coefficient (Wildman–Crippen LogP) is 0.672. The van der Waals surface area contributed by atoms with Crippen molar-refractivity contribution in [3.8, 4) is 0 Å². The lowest BCUT2D eigenvalue weighted by Crippen LogP contribution is -2.29. The summed E-state index contributed by atoms with van der Waals surface area (Å²) >= 11 is 0. The molecule has 76 valence electrons. The first-order valence-electron chi connectivity index (χ1n) is 5.37. The molecule has 1 spiro atoms. The van der Waals surface area contributed by atoms with E-state index in [1.807, 2.05) is 17.9 Å². The van der Waals surface area contributed by atoms with E-state index in [1.54, 1.807) is 0 Å². The number of piperidine rings is 1. The lowest BCUT2D eigenvalue weighted by molar-refractivity contribution is 0.339. The minimum atomic E-state index is 0.598. The predicted molar refractivity (Wildman–Crippen MR) is 52.9 cm³/mol. The van der Waals surface area contributed by atoms with Crippen molar-refractivity contribution in [2.75, 3.05) is 13.1 Å². The average Bonchev–Trinajstić information content (AvgIpc) is 2.70. The van der Waals surface area contributed by atoms with Crippen LogP contribution >= 0.6 is 0 Å². The molecule has 0 radical (unpaired) electrons. The van der Waals surface area contributed by atoms with Crippen LogP contribution in [0.5, 0.6) is 0 Å². The molecule has 0 bridgehead atoms. The molecular formula is C10H16N4. The Labute approximate surface area is 83.7 Å². The lowest BCUT2D eigenvalue weighted by Gasteiger charge is -2.23. The molecule has 1 aliphatic heterocycles. The second-order valence-electron chi connectivity index (χ2n) is 4.65. The minimum absolute atomic E-state index is 0.598. The number of nitrogens with zero attached hydrogens (tertiary/aromatic N) is 3. The van der Waals surface area contributed by atoms with Crippen LogP contribution < -0.4 is 5.32 Å². The summed E-state index contributed by atoms with van der Waals surface area (Å²) in [5.74, 6) is 0.726. The van der Waals surface area contributed by atoms with Crippen molar-refractivity contribution in [1.82, 2.24) is 20.3 Å². The van der Waals surface area contributed by atoms with Gasteiger partial charge in [-0.3, -0.25) is 4.68 Å². The van der Waals surface area contributed by atoms with Crippen molar-refractivity contribution in [2.45, 2.75) is 25.2 Å². The van der Waals surface area contributed by atoms with Crippen LogP contribution in [0.1, 0.15) is 30.9 Å². The molecule has 1 aliphatic carbocycles. The van der Waals surface area contributed by atoms with Gasteiger partial charge in [-0.1, -0.05) is 5.21 Å². The number of nitrogens with one attached hydrogen (secondary N) is 1. The maximum Gasteiger partial charge on any atom is 0.0728 e. The zero-order chi connectivity index (χ0) is 9.60. The normalized spacial score (nSPS) is 29.4. The molecule has 2 fully saturated rings. The molecule has 2 aliphatic rings. The van der Waals surface area contributed by atoms with Crippen molar-refractivity contribution in [1.29, 1.82) is 0 Å². The van der Waals surface area contributed by atoms with Gasteiger partial charge in [-0.15, -0.1) is 5.10 Å². The maximum atomic E-state index is 4.01. The highest BCUT2D eigenvalue weighted by Crippen LogP contribution is 2.63. The second-order valence-corrected chi connectivity index (χ2v) is 4.65. The van der Waals surface area contributed by atoms with Gasteiger partial charge in [0, 0.05) is 13.0 Å². The third kappa shape index (κ3) is 1.10. The van der Waals surface area contributed by atoms with Gasteiger partial charge >= 0.3 is 0 Å². The van der Waals surface area contributed by atoms with Crippen LogP contribution in [0.4, 0.5) is 0 Å². The van der Waals surface area contributed by atoms with Gasteiger partial charge in [0.05, 0.1) is 11.9 Å². The van der Waals surface area contributed by atoms with E-state index in [2.05, 4.69) is 15.6 Å². The van der Waals surface area contributed by atoms with Gasteiger partial charge in [0.1, 0.15) is 0 Å². The van der Waals surface area contributed by atoms with E-state index in [0.29, 0.717) is 5.41 Å². The Hall–Kier alpha value is -0.900. The summed E-state index contributed by atoms with van der Waals surface area (Å²) in [6.45, 7) is 2.36. The number of hydrogen-bond acceptors (Lipinski definition) is 3. The monoisotopic (exact) mass is 192 g/mol. The summed E-state index contributed by atoms with van der Waals surface area (Å²) in [5.41, 5.74) is 1.92. The van der Waals surface area contributed by atoms with E-state index in [4.69, 9.17) is 0 Å². The van der Waals surface area contributed by atoms with Crippen LogP contribution in [-0.4, -0.2) is 28.1 Å². The molecule has 2 heterocycles. The second kappa shape index (κ2) is 2.79. The Kier molecular flexibility index (Phi) is 1.68. The highest BCUT2D eigenvalue weighted by atomic mass is 15.4. The Balaban J connectivity index is 1.81. The fraction of sp³-hybridized carbons (Fsp3) is 0.800. The number of aryl methyl sites for hydroxylation is 1. The van der Waals surface area contributed by atoms with Gasteiger partial charge in [0.2, 0.25) is 0 Å². The molecule has 1 saturated carbocycles. The van der Waals surface area contributed by atoms with Crippen molar-refractivity contribution in [3.05, 3.63) is 11.9 Å². The molecule has 1 aromatic rings. The first-order valence-corrected chi connectivity index (χ1v) is 5.37. The topological polar surface area (TPSA) is 42.7 Å². The molecule has 3 rings (SSSR count). The number of rotatable bonds is 1. The van der Waals surface area contributed by atoms with E-state index in [9.17, 15) is 0 Å². The molecule has 0 aromatic carbocycles. The Morgan fingerprint density at radius 1 is 1.50 bits per heavy atom. The summed E-state index contributed by atoms with van der Waals surface area (Å²) in [5, 5.41) is 11.4. The number of hydrogen-bond donors (Lipinski definition) is 1. The fourth-order valence-electron chi connectivity index (χ4n) is 2.86. The summed E-state index contributed by atoms with van der Waals surface area (Å²) in [6, 6.07) is 0. The Morgan fingerprint density at radius 2 is 2.29 bits per heavy atom. The van der Waals surface area contributed by atoms with E-state index >= 15 is 0 Å². The largest absolute Gasteiger partial charge is 0.317 e. The van der Waals surface area contributed by atoms with E-state index in [-0.39, 0.29) is 0 Å². The van der Waals surface area contributed by atoms with Crippen molar-refractivity contribution < 1.29 is 0 Å². The van der Waals surface area contributed by atoms with Crippen LogP contribution in [-0.2, 0) is 7.05 Å². The van der Waals surface area contributed by atoms with E-state index in [0.717, 1.165) is 5.92 Å². The summed E-state index contributed by atoms with van der Waals surface area (Å²) in [4.78, 5) is 0. The van der Waals surface area contributed by atoms with Crippen LogP contribution in [0, 0.1) is 5.41 Å². The van der Waals surface area contributed by atoms with Crippen LogP contribution in [0.15, 0.2) is 6.20 Å². The van der Waals surface area contributed by atoms with Crippen molar-refractivity contribution >= 4 is 0 Å². The van der Waals surface area contributed by atoms with E-state index in [1.165, 1.54) is 38.0 Å². The first-order chi connectivity index (χ1) is 6.82.